The Labute approximate surface area is 77.2 Å². The summed E-state index contributed by atoms with van der Waals surface area (Å²) >= 11 is 0. The van der Waals surface area contributed by atoms with Crippen molar-refractivity contribution in [2.24, 2.45) is 0 Å². The van der Waals surface area contributed by atoms with Gasteiger partial charge < -0.3 is 9.84 Å². The smallest absolute Gasteiger partial charge is 0.333 e. The van der Waals surface area contributed by atoms with Crippen LogP contribution in [0, 0.1) is 0 Å². The molecule has 4 nitrogen and oxygen atoms in total. The average molecular weight is 186 g/mol. The zero-order valence-corrected chi connectivity index (χ0v) is 7.87. The van der Waals surface area contributed by atoms with Crippen molar-refractivity contribution in [3.63, 3.8) is 0 Å². The van der Waals surface area contributed by atoms with Gasteiger partial charge in [-0.15, -0.1) is 0 Å². The van der Waals surface area contributed by atoms with Crippen LogP contribution in [0.5, 0.6) is 0 Å². The first-order chi connectivity index (χ1) is 6.07. The van der Waals surface area contributed by atoms with Gasteiger partial charge in [0.05, 0.1) is 6.61 Å². The first-order valence-electron chi connectivity index (χ1n) is 4.09. The van der Waals surface area contributed by atoms with E-state index in [2.05, 4.69) is 0 Å². The molecular weight excluding hydrogens is 172 g/mol. The van der Waals surface area contributed by atoms with Crippen LogP contribution in [0.1, 0.15) is 26.7 Å². The van der Waals surface area contributed by atoms with Gasteiger partial charge in [0.1, 0.15) is 0 Å². The monoisotopic (exact) mass is 186 g/mol. The lowest BCUT2D eigenvalue weighted by atomic mass is 10.3. The van der Waals surface area contributed by atoms with Crippen LogP contribution in [-0.4, -0.2) is 23.7 Å². The van der Waals surface area contributed by atoms with E-state index in [9.17, 15) is 9.59 Å². The minimum absolute atomic E-state index is 0.0299. The maximum absolute atomic E-state index is 11.0. The Hall–Kier alpha value is -1.32. The highest BCUT2D eigenvalue weighted by atomic mass is 16.5. The van der Waals surface area contributed by atoms with Crippen molar-refractivity contribution in [1.29, 1.82) is 0 Å². The minimum Gasteiger partial charge on any atom is -0.481 e. The first-order valence-corrected chi connectivity index (χ1v) is 4.09. The second-order valence-electron chi connectivity index (χ2n) is 2.60. The summed E-state index contributed by atoms with van der Waals surface area (Å²) in [7, 11) is 0. The predicted molar refractivity (Wildman–Crippen MR) is 47.3 cm³/mol. The lowest BCUT2D eigenvalue weighted by Gasteiger charge is -2.02. The summed E-state index contributed by atoms with van der Waals surface area (Å²) in [6, 6.07) is 0. The van der Waals surface area contributed by atoms with Crippen LogP contribution in [0.15, 0.2) is 11.6 Å². The molecular formula is C9H14O4. The van der Waals surface area contributed by atoms with Crippen LogP contribution in [0.25, 0.3) is 0 Å². The second-order valence-corrected chi connectivity index (χ2v) is 2.60. The maximum Gasteiger partial charge on any atom is 0.333 e. The summed E-state index contributed by atoms with van der Waals surface area (Å²) in [5, 5.41) is 8.28. The standard InChI is InChI=1S/C9H14O4/c1-3-7(2)9(12)13-6-4-5-8(10)11/h3H,4-6H2,1-2H3,(H,10,11). The summed E-state index contributed by atoms with van der Waals surface area (Å²) < 4.78 is 4.77. The molecule has 0 rings (SSSR count). The average Bonchev–Trinajstić information content (AvgIpc) is 2.10. The van der Waals surface area contributed by atoms with Crippen LogP contribution in [-0.2, 0) is 14.3 Å². The van der Waals surface area contributed by atoms with Crippen molar-refractivity contribution in [3.05, 3.63) is 11.6 Å². The molecule has 0 bridgehead atoms. The fraction of sp³-hybridized carbons (Fsp3) is 0.556. The fourth-order valence-electron chi connectivity index (χ4n) is 0.620. The molecule has 0 fully saturated rings. The van der Waals surface area contributed by atoms with Crippen molar-refractivity contribution in [1.82, 2.24) is 0 Å². The Kier molecular flexibility index (Phi) is 5.59. The molecule has 0 atom stereocenters. The summed E-state index contributed by atoms with van der Waals surface area (Å²) in [6.45, 7) is 3.56. The number of carboxylic acids is 1. The number of aliphatic carboxylic acids is 1. The highest BCUT2D eigenvalue weighted by Crippen LogP contribution is 1.97. The molecule has 0 saturated heterocycles. The summed E-state index contributed by atoms with van der Waals surface area (Å²) in [6.07, 6.45) is 2.04. The Balaban J connectivity index is 3.54. The highest BCUT2D eigenvalue weighted by Gasteiger charge is 2.04. The Bertz CT molecular complexity index is 218. The van der Waals surface area contributed by atoms with Crippen LogP contribution >= 0.6 is 0 Å². The lowest BCUT2D eigenvalue weighted by molar-refractivity contribution is -0.142. The molecule has 0 spiro atoms. The zero-order chi connectivity index (χ0) is 10.3. The number of hydrogen-bond donors (Lipinski definition) is 1. The van der Waals surface area contributed by atoms with E-state index >= 15 is 0 Å². The number of carbonyl (C=O) groups is 2. The van der Waals surface area contributed by atoms with Crippen LogP contribution in [0.2, 0.25) is 0 Å². The summed E-state index contributed by atoms with van der Waals surface area (Å²) in [5.74, 6) is -1.26. The molecule has 0 aromatic rings. The van der Waals surface area contributed by atoms with Gasteiger partial charge >= 0.3 is 11.9 Å². The number of ether oxygens (including phenoxy) is 1. The SMILES string of the molecule is CC=C(C)C(=O)OCCCC(=O)O. The summed E-state index contributed by atoms with van der Waals surface area (Å²) in [5.41, 5.74) is 0.537. The van der Waals surface area contributed by atoms with E-state index in [0.29, 0.717) is 12.0 Å². The van der Waals surface area contributed by atoms with E-state index in [1.165, 1.54) is 0 Å². The van der Waals surface area contributed by atoms with Gasteiger partial charge in [0.2, 0.25) is 0 Å². The van der Waals surface area contributed by atoms with Gasteiger partial charge in [0.15, 0.2) is 0 Å². The molecule has 0 aliphatic heterocycles. The Morgan fingerprint density at radius 2 is 2.08 bits per heavy atom. The molecule has 0 heterocycles. The topological polar surface area (TPSA) is 63.6 Å². The molecule has 74 valence electrons. The third kappa shape index (κ3) is 5.90. The number of allylic oxidation sites excluding steroid dienone is 1. The number of carbonyl (C=O) groups excluding carboxylic acids is 1. The fourth-order valence-corrected chi connectivity index (χ4v) is 0.620. The molecule has 1 N–H and O–H groups in total. The second kappa shape index (κ2) is 6.22. The van der Waals surface area contributed by atoms with E-state index in [0.717, 1.165) is 0 Å². The van der Waals surface area contributed by atoms with E-state index in [4.69, 9.17) is 9.84 Å². The molecule has 0 aliphatic carbocycles. The molecule has 4 heteroatoms. The molecule has 0 radical (unpaired) electrons. The largest absolute Gasteiger partial charge is 0.481 e. The van der Waals surface area contributed by atoms with Gasteiger partial charge in [-0.2, -0.15) is 0 Å². The van der Waals surface area contributed by atoms with E-state index in [1.54, 1.807) is 19.9 Å². The number of rotatable bonds is 5. The number of hydrogen-bond acceptors (Lipinski definition) is 3. The van der Waals surface area contributed by atoms with Crippen LogP contribution < -0.4 is 0 Å². The van der Waals surface area contributed by atoms with Gasteiger partial charge in [-0.1, -0.05) is 6.08 Å². The number of esters is 1. The quantitative estimate of drug-likeness (QED) is 0.400. The minimum atomic E-state index is -0.876. The first kappa shape index (κ1) is 11.7. The molecule has 0 amide bonds. The van der Waals surface area contributed by atoms with Crippen LogP contribution in [0.3, 0.4) is 0 Å². The summed E-state index contributed by atoms with van der Waals surface area (Å²) in [4.78, 5) is 21.1. The van der Waals surface area contributed by atoms with Crippen molar-refractivity contribution >= 4 is 11.9 Å². The van der Waals surface area contributed by atoms with Gasteiger partial charge in [-0.3, -0.25) is 4.79 Å². The molecule has 0 saturated carbocycles. The lowest BCUT2D eigenvalue weighted by Crippen LogP contribution is -2.08. The van der Waals surface area contributed by atoms with Crippen molar-refractivity contribution < 1.29 is 19.4 Å². The van der Waals surface area contributed by atoms with Gasteiger partial charge in [0, 0.05) is 12.0 Å². The highest BCUT2D eigenvalue weighted by molar-refractivity contribution is 5.87. The normalized spacial score (nSPS) is 11.1. The van der Waals surface area contributed by atoms with E-state index < -0.39 is 5.97 Å². The van der Waals surface area contributed by atoms with Crippen molar-refractivity contribution in [3.8, 4) is 0 Å². The molecule has 0 unspecified atom stereocenters. The number of carboxylic acid groups (broad SMARTS) is 1. The maximum atomic E-state index is 11.0. The molecule has 0 aromatic heterocycles. The van der Waals surface area contributed by atoms with Gasteiger partial charge in [-0.05, 0) is 20.3 Å². The third-order valence-corrected chi connectivity index (χ3v) is 1.52. The van der Waals surface area contributed by atoms with E-state index in [-0.39, 0.29) is 19.0 Å². The molecule has 0 aliphatic rings. The Morgan fingerprint density at radius 1 is 1.46 bits per heavy atom. The van der Waals surface area contributed by atoms with Crippen molar-refractivity contribution in [2.45, 2.75) is 26.7 Å². The van der Waals surface area contributed by atoms with E-state index in [1.807, 2.05) is 0 Å². The van der Waals surface area contributed by atoms with Gasteiger partial charge in [-0.25, -0.2) is 4.79 Å². The van der Waals surface area contributed by atoms with Crippen molar-refractivity contribution in [2.75, 3.05) is 6.61 Å². The predicted octanol–water partition coefficient (Wildman–Crippen LogP) is 1.36. The van der Waals surface area contributed by atoms with Crippen LogP contribution in [0.4, 0.5) is 0 Å². The Morgan fingerprint density at radius 3 is 2.54 bits per heavy atom. The zero-order valence-electron chi connectivity index (χ0n) is 7.87. The molecule has 13 heavy (non-hydrogen) atoms. The van der Waals surface area contributed by atoms with Gasteiger partial charge in [0.25, 0.3) is 0 Å². The molecule has 0 aromatic carbocycles. The third-order valence-electron chi connectivity index (χ3n) is 1.52.